The molecule has 0 spiro atoms. The van der Waals surface area contributed by atoms with Gasteiger partial charge in [0.2, 0.25) is 0 Å². The zero-order chi connectivity index (χ0) is 19.4. The Labute approximate surface area is 172 Å². The van der Waals surface area contributed by atoms with Crippen molar-refractivity contribution in [1.82, 2.24) is 9.97 Å². The molecule has 5 aromatic carbocycles. The Morgan fingerprint density at radius 3 is 2.03 bits per heavy atom. The van der Waals surface area contributed by atoms with Crippen LogP contribution in [-0.2, 0) is 0 Å². The van der Waals surface area contributed by atoms with Crippen LogP contribution in [0.25, 0.3) is 54.6 Å². The van der Waals surface area contributed by atoms with Gasteiger partial charge in [0.25, 0.3) is 0 Å². The van der Waals surface area contributed by atoms with Crippen molar-refractivity contribution < 1.29 is 0 Å². The Morgan fingerprint density at radius 1 is 0.586 bits per heavy atom. The maximum absolute atomic E-state index is 6.19. The minimum Gasteiger partial charge on any atom is -0.252 e. The summed E-state index contributed by atoms with van der Waals surface area (Å²) < 4.78 is 0. The zero-order valence-electron chi connectivity index (χ0n) is 15.4. The van der Waals surface area contributed by atoms with Gasteiger partial charge in [-0.05, 0) is 33.7 Å². The highest BCUT2D eigenvalue weighted by molar-refractivity contribution is 6.31. The number of benzene rings is 5. The second kappa shape index (κ2) is 6.26. The molecule has 0 aliphatic carbocycles. The monoisotopic (exact) mass is 390 g/mol. The van der Waals surface area contributed by atoms with Crippen molar-refractivity contribution in [3.05, 3.63) is 96.1 Å². The van der Waals surface area contributed by atoms with E-state index in [-0.39, 0.29) is 0 Å². The molecule has 0 N–H and O–H groups in total. The van der Waals surface area contributed by atoms with Gasteiger partial charge in [-0.1, -0.05) is 84.4 Å². The van der Waals surface area contributed by atoms with Crippen molar-refractivity contribution in [2.24, 2.45) is 0 Å². The van der Waals surface area contributed by atoms with Gasteiger partial charge >= 0.3 is 0 Å². The summed E-state index contributed by atoms with van der Waals surface area (Å²) in [6.45, 7) is 0. The highest BCUT2D eigenvalue weighted by atomic mass is 35.5. The van der Waals surface area contributed by atoms with Crippen LogP contribution in [0.3, 0.4) is 0 Å². The van der Waals surface area contributed by atoms with Crippen LogP contribution in [0.5, 0.6) is 0 Å². The van der Waals surface area contributed by atoms with Gasteiger partial charge in [0.05, 0.1) is 22.9 Å². The van der Waals surface area contributed by atoms with Gasteiger partial charge in [0.15, 0.2) is 0 Å². The molecule has 0 saturated carbocycles. The Kier molecular flexibility index (Phi) is 3.56. The predicted molar refractivity (Wildman–Crippen MR) is 123 cm³/mol. The summed E-state index contributed by atoms with van der Waals surface area (Å²) >= 11 is 6.19. The van der Waals surface area contributed by atoms with Crippen LogP contribution in [0.15, 0.2) is 91.1 Å². The van der Waals surface area contributed by atoms with E-state index in [1.807, 2.05) is 24.4 Å². The van der Waals surface area contributed by atoms with Crippen molar-refractivity contribution >= 4 is 55.0 Å². The summed E-state index contributed by atoms with van der Waals surface area (Å²) in [6, 6.07) is 29.0. The minimum absolute atomic E-state index is 0.733. The normalized spacial score (nSPS) is 11.6. The van der Waals surface area contributed by atoms with E-state index in [9.17, 15) is 0 Å². The van der Waals surface area contributed by atoms with Crippen molar-refractivity contribution in [3.63, 3.8) is 0 Å². The van der Waals surface area contributed by atoms with E-state index >= 15 is 0 Å². The molecular formula is C26H15ClN2. The second-order valence-corrected chi connectivity index (χ2v) is 7.65. The first kappa shape index (κ1) is 16.5. The van der Waals surface area contributed by atoms with E-state index in [0.29, 0.717) is 0 Å². The van der Waals surface area contributed by atoms with E-state index in [0.717, 1.165) is 48.9 Å². The topological polar surface area (TPSA) is 25.8 Å². The lowest BCUT2D eigenvalue weighted by Crippen LogP contribution is -1.92. The van der Waals surface area contributed by atoms with E-state index < -0.39 is 0 Å². The fourth-order valence-electron chi connectivity index (χ4n) is 4.23. The van der Waals surface area contributed by atoms with E-state index in [1.165, 1.54) is 10.8 Å². The van der Waals surface area contributed by atoms with Crippen LogP contribution in [-0.4, -0.2) is 9.97 Å². The fourth-order valence-corrected chi connectivity index (χ4v) is 4.41. The number of hydrogen-bond acceptors (Lipinski definition) is 2. The molecule has 0 bridgehead atoms. The van der Waals surface area contributed by atoms with E-state index in [1.54, 1.807) is 0 Å². The van der Waals surface area contributed by atoms with Gasteiger partial charge in [-0.3, -0.25) is 4.98 Å². The third kappa shape index (κ3) is 2.50. The summed E-state index contributed by atoms with van der Waals surface area (Å²) in [5.74, 6) is 0. The second-order valence-electron chi connectivity index (χ2n) is 7.21. The van der Waals surface area contributed by atoms with Crippen LogP contribution >= 0.6 is 11.6 Å². The average Bonchev–Trinajstić information content (AvgIpc) is 2.78. The number of nitrogens with zero attached hydrogens (tertiary/aromatic N) is 2. The summed E-state index contributed by atoms with van der Waals surface area (Å²) in [5.41, 5.74) is 3.80. The number of halogens is 1. The fraction of sp³-hybridized carbons (Fsp3) is 0. The molecule has 136 valence electrons. The summed E-state index contributed by atoms with van der Waals surface area (Å²) in [6.07, 6.45) is 1.88. The van der Waals surface area contributed by atoms with Gasteiger partial charge in [0.1, 0.15) is 0 Å². The van der Waals surface area contributed by atoms with Crippen LogP contribution < -0.4 is 0 Å². The van der Waals surface area contributed by atoms with Crippen LogP contribution in [0.4, 0.5) is 0 Å². The molecule has 0 saturated heterocycles. The summed E-state index contributed by atoms with van der Waals surface area (Å²) in [4.78, 5) is 9.97. The van der Waals surface area contributed by atoms with Gasteiger partial charge in [-0.15, -0.1) is 0 Å². The first-order chi connectivity index (χ1) is 14.3. The lowest BCUT2D eigenvalue weighted by Gasteiger charge is -2.11. The number of rotatable bonds is 1. The molecule has 3 heteroatoms. The quantitative estimate of drug-likeness (QED) is 0.273. The van der Waals surface area contributed by atoms with Crippen molar-refractivity contribution in [1.29, 1.82) is 0 Å². The highest BCUT2D eigenvalue weighted by Crippen LogP contribution is 2.35. The first-order valence-electron chi connectivity index (χ1n) is 9.54. The number of hydrogen-bond donors (Lipinski definition) is 0. The van der Waals surface area contributed by atoms with E-state index in [4.69, 9.17) is 21.6 Å². The van der Waals surface area contributed by atoms with E-state index in [2.05, 4.69) is 66.7 Å². The summed E-state index contributed by atoms with van der Waals surface area (Å²) in [7, 11) is 0. The molecule has 1 heterocycles. The molecule has 1 aromatic heterocycles. The molecule has 2 nitrogen and oxygen atoms in total. The molecule has 0 aliphatic rings. The Balaban J connectivity index is 1.73. The lowest BCUT2D eigenvalue weighted by atomic mass is 9.98. The standard InChI is InChI=1S/C26H15ClN2/c27-17-12-13-18-16(14-17)6-5-11-21(18)24-15-28-25-22-9-3-1-7-19(22)20-8-2-4-10-23(20)26(25)29-24/h1-15H. The van der Waals surface area contributed by atoms with Crippen LogP contribution in [0, 0.1) is 0 Å². The Morgan fingerprint density at radius 2 is 1.28 bits per heavy atom. The van der Waals surface area contributed by atoms with Crippen LogP contribution in [0.1, 0.15) is 0 Å². The number of fused-ring (bicyclic) bond motifs is 7. The smallest absolute Gasteiger partial charge is 0.0979 e. The molecule has 0 aliphatic heterocycles. The molecule has 6 rings (SSSR count). The van der Waals surface area contributed by atoms with Gasteiger partial charge in [-0.25, -0.2) is 4.98 Å². The average molecular weight is 391 g/mol. The van der Waals surface area contributed by atoms with Crippen molar-refractivity contribution in [3.8, 4) is 11.3 Å². The molecule has 29 heavy (non-hydrogen) atoms. The molecule has 6 aromatic rings. The zero-order valence-corrected chi connectivity index (χ0v) is 16.2. The SMILES string of the molecule is Clc1ccc2c(-c3cnc4c5ccccc5c5ccccc5c4n3)cccc2c1. The molecular weight excluding hydrogens is 376 g/mol. The maximum Gasteiger partial charge on any atom is 0.0979 e. The van der Waals surface area contributed by atoms with Gasteiger partial charge in [0, 0.05) is 21.4 Å². The Bertz CT molecular complexity index is 1530. The molecule has 0 atom stereocenters. The third-order valence-electron chi connectivity index (χ3n) is 5.55. The first-order valence-corrected chi connectivity index (χ1v) is 9.92. The van der Waals surface area contributed by atoms with Gasteiger partial charge in [-0.2, -0.15) is 0 Å². The number of aromatic nitrogens is 2. The lowest BCUT2D eigenvalue weighted by molar-refractivity contribution is 1.31. The maximum atomic E-state index is 6.19. The minimum atomic E-state index is 0.733. The Hall–Kier alpha value is -3.49. The van der Waals surface area contributed by atoms with Gasteiger partial charge < -0.3 is 0 Å². The molecule has 0 fully saturated rings. The van der Waals surface area contributed by atoms with Crippen molar-refractivity contribution in [2.75, 3.05) is 0 Å². The largest absolute Gasteiger partial charge is 0.252 e. The van der Waals surface area contributed by atoms with Crippen molar-refractivity contribution in [2.45, 2.75) is 0 Å². The predicted octanol–water partition coefficient (Wildman–Crippen LogP) is 7.41. The molecule has 0 amide bonds. The molecule has 0 radical (unpaired) electrons. The third-order valence-corrected chi connectivity index (χ3v) is 5.78. The van der Waals surface area contributed by atoms with Crippen LogP contribution in [0.2, 0.25) is 5.02 Å². The highest BCUT2D eigenvalue weighted by Gasteiger charge is 2.13. The molecule has 0 unspecified atom stereocenters. The summed E-state index contributed by atoms with van der Waals surface area (Å²) in [5, 5.41) is 7.61.